The molecule has 0 radical (unpaired) electrons. The van der Waals surface area contributed by atoms with Crippen LogP contribution in [0.1, 0.15) is 369 Å². The molecule has 0 aliphatic rings. The van der Waals surface area contributed by atoms with E-state index in [1.807, 2.05) is 0 Å². The Balaban J connectivity index is 4.29. The molecule has 0 bridgehead atoms. The first-order chi connectivity index (χ1) is 34.8. The van der Waals surface area contributed by atoms with Crippen LogP contribution in [-0.2, 0) is 28.6 Å². The highest BCUT2D eigenvalue weighted by Gasteiger charge is 2.19. The van der Waals surface area contributed by atoms with Crippen molar-refractivity contribution in [3.05, 3.63) is 0 Å². The fourth-order valence-corrected chi connectivity index (χ4v) is 10.1. The van der Waals surface area contributed by atoms with Crippen LogP contribution in [-0.4, -0.2) is 37.2 Å². The Morgan fingerprint density at radius 1 is 0.296 bits per heavy atom. The summed E-state index contributed by atoms with van der Waals surface area (Å²) in [5, 5.41) is 0. The van der Waals surface area contributed by atoms with Crippen LogP contribution in [0.4, 0.5) is 0 Å². The molecule has 2 atom stereocenters. The fraction of sp³-hybridized carbons (Fsp3) is 0.954. The van der Waals surface area contributed by atoms with Gasteiger partial charge in [-0.2, -0.15) is 0 Å². The van der Waals surface area contributed by atoms with Crippen molar-refractivity contribution in [2.75, 3.05) is 13.2 Å². The molecule has 6 nitrogen and oxygen atoms in total. The summed E-state index contributed by atoms with van der Waals surface area (Å²) in [6.45, 7) is 11.5. The lowest BCUT2D eigenvalue weighted by molar-refractivity contribution is -0.167. The number of carbonyl (C=O) groups excluding carboxylic acids is 3. The summed E-state index contributed by atoms with van der Waals surface area (Å²) < 4.78 is 17.0. The number of unbranched alkanes of at least 4 members (excludes halogenated alkanes) is 43. The molecule has 422 valence electrons. The van der Waals surface area contributed by atoms with Crippen molar-refractivity contribution in [3.63, 3.8) is 0 Å². The second-order valence-corrected chi connectivity index (χ2v) is 23.1. The number of carbonyl (C=O) groups is 3. The summed E-state index contributed by atoms with van der Waals surface area (Å²) in [5.74, 6) is 0.915. The lowest BCUT2D eigenvalue weighted by Gasteiger charge is -2.18. The van der Waals surface area contributed by atoms with Gasteiger partial charge in [0.2, 0.25) is 0 Å². The maximum Gasteiger partial charge on any atom is 0.306 e. The minimum atomic E-state index is -0.764. The lowest BCUT2D eigenvalue weighted by Crippen LogP contribution is -2.30. The summed E-state index contributed by atoms with van der Waals surface area (Å²) in [4.78, 5) is 38.3. The standard InChI is InChI=1S/C65H126O6/c1-6-8-9-10-11-12-13-14-15-16-19-27-32-37-42-47-52-57-65(68)71-62(58-69-63(66)55-50-45-40-35-30-25-20-17-18-23-28-33-38-43-48-53-60(3)4)59-70-64(67)56-51-46-41-36-31-26-22-21-24-29-34-39-44-49-54-61(5)7-2/h60-62H,6-59H2,1-5H3/t61?,62-/m0/s1. The van der Waals surface area contributed by atoms with Gasteiger partial charge in [0.1, 0.15) is 13.2 Å². The molecule has 0 spiro atoms. The molecule has 0 fully saturated rings. The minimum Gasteiger partial charge on any atom is -0.462 e. The molecule has 0 saturated heterocycles. The Bertz CT molecular complexity index is 1090. The Hall–Kier alpha value is -1.59. The molecular formula is C65H126O6. The third kappa shape index (κ3) is 57.5. The molecule has 0 saturated carbocycles. The van der Waals surface area contributed by atoms with Crippen molar-refractivity contribution in [2.45, 2.75) is 375 Å². The third-order valence-corrected chi connectivity index (χ3v) is 15.3. The second kappa shape index (κ2) is 57.7. The van der Waals surface area contributed by atoms with E-state index in [9.17, 15) is 14.4 Å². The van der Waals surface area contributed by atoms with E-state index in [1.165, 1.54) is 257 Å². The highest BCUT2D eigenvalue weighted by molar-refractivity contribution is 5.71. The fourth-order valence-electron chi connectivity index (χ4n) is 10.1. The van der Waals surface area contributed by atoms with Gasteiger partial charge in [0.25, 0.3) is 0 Å². The predicted octanol–water partition coefficient (Wildman–Crippen LogP) is 21.6. The zero-order valence-corrected chi connectivity index (χ0v) is 48.9. The van der Waals surface area contributed by atoms with Crippen molar-refractivity contribution in [1.29, 1.82) is 0 Å². The molecule has 0 N–H and O–H groups in total. The quantitative estimate of drug-likeness (QED) is 0.0343. The molecule has 1 unspecified atom stereocenters. The van der Waals surface area contributed by atoms with E-state index < -0.39 is 6.10 Å². The van der Waals surface area contributed by atoms with Gasteiger partial charge in [0.05, 0.1) is 0 Å². The van der Waals surface area contributed by atoms with Crippen molar-refractivity contribution >= 4 is 17.9 Å². The summed E-state index contributed by atoms with van der Waals surface area (Å²) >= 11 is 0. The maximum atomic E-state index is 12.9. The number of ether oxygens (including phenoxy) is 3. The van der Waals surface area contributed by atoms with Crippen molar-refractivity contribution in [2.24, 2.45) is 11.8 Å². The molecule has 0 heterocycles. The first kappa shape index (κ1) is 69.4. The number of hydrogen-bond acceptors (Lipinski definition) is 6. The summed E-state index contributed by atoms with van der Waals surface area (Å²) in [6.07, 6.45) is 63.8. The maximum absolute atomic E-state index is 12.9. The Labute approximate surface area is 444 Å². The molecule has 0 aliphatic heterocycles. The lowest BCUT2D eigenvalue weighted by atomic mass is 9.99. The average Bonchev–Trinajstić information content (AvgIpc) is 3.36. The van der Waals surface area contributed by atoms with Crippen molar-refractivity contribution in [3.8, 4) is 0 Å². The summed E-state index contributed by atoms with van der Waals surface area (Å²) in [7, 11) is 0. The van der Waals surface area contributed by atoms with Crippen LogP contribution in [0, 0.1) is 11.8 Å². The van der Waals surface area contributed by atoms with Crippen LogP contribution in [0.5, 0.6) is 0 Å². The van der Waals surface area contributed by atoms with Crippen LogP contribution in [0.25, 0.3) is 0 Å². The molecule has 0 aliphatic carbocycles. The zero-order valence-electron chi connectivity index (χ0n) is 48.9. The van der Waals surface area contributed by atoms with Gasteiger partial charge in [-0.15, -0.1) is 0 Å². The van der Waals surface area contributed by atoms with Gasteiger partial charge in [0, 0.05) is 19.3 Å². The van der Waals surface area contributed by atoms with Crippen molar-refractivity contribution < 1.29 is 28.6 Å². The van der Waals surface area contributed by atoms with Gasteiger partial charge in [-0.05, 0) is 31.1 Å². The van der Waals surface area contributed by atoms with Gasteiger partial charge in [0.15, 0.2) is 6.10 Å². The smallest absolute Gasteiger partial charge is 0.306 e. The normalized spacial score (nSPS) is 12.4. The van der Waals surface area contributed by atoms with Gasteiger partial charge < -0.3 is 14.2 Å². The van der Waals surface area contributed by atoms with E-state index in [0.717, 1.165) is 69.6 Å². The molecule has 0 aromatic rings. The first-order valence-corrected chi connectivity index (χ1v) is 32.3. The highest BCUT2D eigenvalue weighted by Crippen LogP contribution is 2.19. The third-order valence-electron chi connectivity index (χ3n) is 15.3. The van der Waals surface area contributed by atoms with E-state index in [-0.39, 0.29) is 31.1 Å². The molecule has 0 aromatic carbocycles. The molecule has 6 heteroatoms. The first-order valence-electron chi connectivity index (χ1n) is 32.3. The Morgan fingerprint density at radius 2 is 0.535 bits per heavy atom. The SMILES string of the molecule is CCCCCCCCCCCCCCCCCCCC(=O)O[C@@H](COC(=O)CCCCCCCCCCCCCCCCCC(C)C)COC(=O)CCCCCCCCCCCCCCCCC(C)CC. The summed E-state index contributed by atoms with van der Waals surface area (Å²) in [5.41, 5.74) is 0. The monoisotopic (exact) mass is 1000 g/mol. The van der Waals surface area contributed by atoms with E-state index >= 15 is 0 Å². The minimum absolute atomic E-state index is 0.0618. The topological polar surface area (TPSA) is 78.9 Å². The van der Waals surface area contributed by atoms with Gasteiger partial charge >= 0.3 is 17.9 Å². The van der Waals surface area contributed by atoms with Gasteiger partial charge in [-0.3, -0.25) is 14.4 Å². The summed E-state index contributed by atoms with van der Waals surface area (Å²) in [6, 6.07) is 0. The van der Waals surface area contributed by atoms with Crippen LogP contribution < -0.4 is 0 Å². The average molecular weight is 1000 g/mol. The number of esters is 3. The second-order valence-electron chi connectivity index (χ2n) is 23.1. The Kier molecular flexibility index (Phi) is 56.4. The Morgan fingerprint density at radius 3 is 0.803 bits per heavy atom. The molecule has 0 amide bonds. The predicted molar refractivity (Wildman–Crippen MR) is 307 cm³/mol. The van der Waals surface area contributed by atoms with Crippen molar-refractivity contribution in [1.82, 2.24) is 0 Å². The van der Waals surface area contributed by atoms with Gasteiger partial charge in [-0.25, -0.2) is 0 Å². The number of rotatable bonds is 59. The zero-order chi connectivity index (χ0) is 51.8. The molecular weight excluding hydrogens is 877 g/mol. The van der Waals surface area contributed by atoms with E-state index in [0.29, 0.717) is 19.3 Å². The number of hydrogen-bond donors (Lipinski definition) is 0. The van der Waals surface area contributed by atoms with Crippen LogP contribution in [0.3, 0.4) is 0 Å². The largest absolute Gasteiger partial charge is 0.462 e. The van der Waals surface area contributed by atoms with Gasteiger partial charge in [-0.1, -0.05) is 330 Å². The van der Waals surface area contributed by atoms with Crippen LogP contribution in [0.2, 0.25) is 0 Å². The molecule has 0 rings (SSSR count). The highest BCUT2D eigenvalue weighted by atomic mass is 16.6. The van der Waals surface area contributed by atoms with Crippen LogP contribution in [0.15, 0.2) is 0 Å². The van der Waals surface area contributed by atoms with Crippen LogP contribution >= 0.6 is 0 Å². The molecule has 71 heavy (non-hydrogen) atoms. The van der Waals surface area contributed by atoms with E-state index in [2.05, 4.69) is 34.6 Å². The molecule has 0 aromatic heterocycles. The van der Waals surface area contributed by atoms with E-state index in [4.69, 9.17) is 14.2 Å². The van der Waals surface area contributed by atoms with E-state index in [1.54, 1.807) is 0 Å².